The highest BCUT2D eigenvalue weighted by Crippen LogP contribution is 2.21. The molecule has 114 valence electrons. The Morgan fingerprint density at radius 2 is 1.90 bits per heavy atom. The highest BCUT2D eigenvalue weighted by molar-refractivity contribution is 5.97. The summed E-state index contributed by atoms with van der Waals surface area (Å²) in [5.41, 5.74) is 10.2. The molecule has 0 spiro atoms. The van der Waals surface area contributed by atoms with Crippen molar-refractivity contribution in [1.29, 1.82) is 0 Å². The van der Waals surface area contributed by atoms with Crippen molar-refractivity contribution in [3.63, 3.8) is 0 Å². The molecular weight excluding hydrogens is 293 g/mol. The Morgan fingerprint density at radius 1 is 1.29 bits per heavy atom. The Bertz CT molecular complexity index is 582. The fourth-order valence-electron chi connectivity index (χ4n) is 1.36. The van der Waals surface area contributed by atoms with Crippen LogP contribution >= 0.6 is 0 Å². The van der Waals surface area contributed by atoms with E-state index < -0.39 is 24.1 Å². The van der Waals surface area contributed by atoms with Crippen molar-refractivity contribution in [2.45, 2.75) is 12.2 Å². The van der Waals surface area contributed by atoms with Crippen LogP contribution in [0.3, 0.4) is 0 Å². The van der Waals surface area contributed by atoms with Crippen LogP contribution in [0.25, 0.3) is 0 Å². The number of aliphatic imine (C=N–C) groups is 1. The predicted octanol–water partition coefficient (Wildman–Crippen LogP) is 0.337. The number of carboxylic acid groups (broad SMARTS) is 1. The van der Waals surface area contributed by atoms with Gasteiger partial charge in [0.15, 0.2) is 5.96 Å². The lowest BCUT2D eigenvalue weighted by molar-refractivity contribution is -0.178. The first-order chi connectivity index (χ1) is 9.61. The average Bonchev–Trinajstić information content (AvgIpc) is 2.33. The minimum atomic E-state index is -5.11. The van der Waals surface area contributed by atoms with Crippen LogP contribution in [0.5, 0.6) is 0 Å². The zero-order valence-corrected chi connectivity index (χ0v) is 10.4. The van der Waals surface area contributed by atoms with Crippen molar-refractivity contribution in [1.82, 2.24) is 5.32 Å². The summed E-state index contributed by atoms with van der Waals surface area (Å²) in [5, 5.41) is 9.87. The van der Waals surface area contributed by atoms with Crippen LogP contribution in [0.2, 0.25) is 0 Å². The SMILES string of the molecule is NC(N)=Nc1cccc(C(=O)NC(C(=O)O)C(F)(F)F)c1. The summed E-state index contributed by atoms with van der Waals surface area (Å²) < 4.78 is 37.3. The topological polar surface area (TPSA) is 131 Å². The van der Waals surface area contributed by atoms with Crippen molar-refractivity contribution in [2.75, 3.05) is 0 Å². The number of carbonyl (C=O) groups excluding carboxylic acids is 1. The van der Waals surface area contributed by atoms with E-state index in [0.29, 0.717) is 0 Å². The third-order valence-corrected chi connectivity index (χ3v) is 2.22. The molecule has 1 aromatic rings. The largest absolute Gasteiger partial charge is 0.479 e. The van der Waals surface area contributed by atoms with Gasteiger partial charge in [0, 0.05) is 5.56 Å². The van der Waals surface area contributed by atoms with Gasteiger partial charge >= 0.3 is 12.1 Å². The third kappa shape index (κ3) is 4.67. The number of guanidine groups is 1. The molecule has 0 fully saturated rings. The summed E-state index contributed by atoms with van der Waals surface area (Å²) in [6.07, 6.45) is -5.11. The van der Waals surface area contributed by atoms with Gasteiger partial charge in [-0.3, -0.25) is 4.79 Å². The minimum Gasteiger partial charge on any atom is -0.479 e. The average molecular weight is 304 g/mol. The van der Waals surface area contributed by atoms with Gasteiger partial charge in [0.2, 0.25) is 6.04 Å². The lowest BCUT2D eigenvalue weighted by atomic mass is 10.1. The number of hydrogen-bond acceptors (Lipinski definition) is 3. The van der Waals surface area contributed by atoms with Gasteiger partial charge < -0.3 is 21.9 Å². The van der Waals surface area contributed by atoms with Crippen molar-refractivity contribution < 1.29 is 27.9 Å². The van der Waals surface area contributed by atoms with Gasteiger partial charge in [0.05, 0.1) is 5.69 Å². The van der Waals surface area contributed by atoms with Gasteiger partial charge in [0.25, 0.3) is 5.91 Å². The van der Waals surface area contributed by atoms with Crippen LogP contribution < -0.4 is 16.8 Å². The second-order valence-electron chi connectivity index (χ2n) is 3.87. The maximum absolute atomic E-state index is 12.4. The van der Waals surface area contributed by atoms with Crippen LogP contribution in [0.1, 0.15) is 10.4 Å². The van der Waals surface area contributed by atoms with Gasteiger partial charge in [-0.15, -0.1) is 0 Å². The van der Waals surface area contributed by atoms with Crippen molar-refractivity contribution >= 4 is 23.5 Å². The second kappa shape index (κ2) is 6.11. The molecule has 1 rings (SSSR count). The number of halogens is 3. The molecule has 0 aliphatic carbocycles. The monoisotopic (exact) mass is 304 g/mol. The normalized spacial score (nSPS) is 12.3. The zero-order valence-electron chi connectivity index (χ0n) is 10.4. The number of carboxylic acids is 1. The maximum Gasteiger partial charge on any atom is 0.419 e. The van der Waals surface area contributed by atoms with Crippen LogP contribution in [0, 0.1) is 0 Å². The summed E-state index contributed by atoms with van der Waals surface area (Å²) in [6.45, 7) is 0. The molecule has 0 heterocycles. The quantitative estimate of drug-likeness (QED) is 0.470. The van der Waals surface area contributed by atoms with E-state index in [9.17, 15) is 22.8 Å². The molecule has 10 heteroatoms. The molecule has 0 bridgehead atoms. The van der Waals surface area contributed by atoms with Crippen molar-refractivity contribution in [2.24, 2.45) is 16.5 Å². The highest BCUT2D eigenvalue weighted by atomic mass is 19.4. The van der Waals surface area contributed by atoms with E-state index in [1.54, 1.807) is 0 Å². The van der Waals surface area contributed by atoms with E-state index in [4.69, 9.17) is 16.6 Å². The first-order valence-electron chi connectivity index (χ1n) is 5.41. The summed E-state index contributed by atoms with van der Waals surface area (Å²) in [7, 11) is 0. The van der Waals surface area contributed by atoms with Gasteiger partial charge in [-0.2, -0.15) is 13.2 Å². The summed E-state index contributed by atoms with van der Waals surface area (Å²) in [6, 6.07) is 2.05. The number of benzene rings is 1. The van der Waals surface area contributed by atoms with Crippen molar-refractivity contribution in [3.8, 4) is 0 Å². The molecule has 0 aliphatic rings. The molecule has 0 aliphatic heterocycles. The molecule has 6 N–H and O–H groups in total. The number of nitrogens with one attached hydrogen (secondary N) is 1. The molecule has 0 saturated heterocycles. The van der Waals surface area contributed by atoms with E-state index >= 15 is 0 Å². The number of aliphatic carboxylic acids is 1. The molecule has 0 radical (unpaired) electrons. The van der Waals surface area contributed by atoms with Crippen LogP contribution in [-0.2, 0) is 4.79 Å². The van der Waals surface area contributed by atoms with E-state index in [-0.39, 0.29) is 17.2 Å². The lowest BCUT2D eigenvalue weighted by Crippen LogP contribution is -2.50. The number of nitrogens with zero attached hydrogens (tertiary/aromatic N) is 1. The van der Waals surface area contributed by atoms with E-state index in [1.807, 2.05) is 0 Å². The van der Waals surface area contributed by atoms with Crippen LogP contribution in [0.4, 0.5) is 18.9 Å². The smallest absolute Gasteiger partial charge is 0.419 e. The molecule has 21 heavy (non-hydrogen) atoms. The number of alkyl halides is 3. The Hall–Kier alpha value is -2.78. The molecule has 0 saturated carbocycles. The van der Waals surface area contributed by atoms with Crippen LogP contribution in [-0.4, -0.2) is 35.2 Å². The molecule has 1 aromatic carbocycles. The van der Waals surface area contributed by atoms with Gasteiger partial charge in [-0.1, -0.05) is 6.07 Å². The fourth-order valence-corrected chi connectivity index (χ4v) is 1.36. The number of amides is 1. The Labute approximate surface area is 116 Å². The molecule has 7 nitrogen and oxygen atoms in total. The third-order valence-electron chi connectivity index (χ3n) is 2.22. The second-order valence-corrected chi connectivity index (χ2v) is 3.87. The molecule has 0 aromatic heterocycles. The molecule has 1 amide bonds. The predicted molar refractivity (Wildman–Crippen MR) is 66.9 cm³/mol. The number of carbonyl (C=O) groups is 2. The fraction of sp³-hybridized carbons (Fsp3) is 0.182. The van der Waals surface area contributed by atoms with Crippen LogP contribution in [0.15, 0.2) is 29.3 Å². The first-order valence-corrected chi connectivity index (χ1v) is 5.41. The Balaban J connectivity index is 2.99. The lowest BCUT2D eigenvalue weighted by Gasteiger charge is -2.17. The molecule has 1 atom stereocenters. The number of hydrogen-bond donors (Lipinski definition) is 4. The van der Waals surface area contributed by atoms with Gasteiger partial charge in [0.1, 0.15) is 0 Å². The van der Waals surface area contributed by atoms with Crippen molar-refractivity contribution in [3.05, 3.63) is 29.8 Å². The number of rotatable bonds is 4. The van der Waals surface area contributed by atoms with E-state index in [1.165, 1.54) is 23.5 Å². The summed E-state index contributed by atoms with van der Waals surface area (Å²) in [4.78, 5) is 25.8. The standard InChI is InChI=1S/C11H11F3N4O3/c12-11(13,14)7(9(20)21)18-8(19)5-2-1-3-6(4-5)17-10(15)16/h1-4,7H,(H,18,19)(H,20,21)(H4,15,16,17). The minimum absolute atomic E-state index is 0.140. The van der Waals surface area contributed by atoms with E-state index in [2.05, 4.69) is 4.99 Å². The van der Waals surface area contributed by atoms with Gasteiger partial charge in [-0.25, -0.2) is 9.79 Å². The zero-order chi connectivity index (χ0) is 16.2. The summed E-state index contributed by atoms with van der Waals surface area (Å²) >= 11 is 0. The first kappa shape index (κ1) is 16.3. The highest BCUT2D eigenvalue weighted by Gasteiger charge is 2.46. The molecular formula is C11H11F3N4O3. The van der Waals surface area contributed by atoms with E-state index in [0.717, 1.165) is 6.07 Å². The molecule has 1 unspecified atom stereocenters. The maximum atomic E-state index is 12.4. The number of nitrogens with two attached hydrogens (primary N) is 2. The summed E-state index contributed by atoms with van der Waals surface area (Å²) in [5.74, 6) is -3.73. The Morgan fingerprint density at radius 3 is 2.38 bits per heavy atom. The van der Waals surface area contributed by atoms with Gasteiger partial charge in [-0.05, 0) is 18.2 Å². The Kier molecular flexibility index (Phi) is 4.74.